The quantitative estimate of drug-likeness (QED) is 0.753. The normalized spacial score (nSPS) is 16.1. The largest absolute Gasteiger partial charge is 0.482 e. The van der Waals surface area contributed by atoms with Crippen molar-refractivity contribution in [3.63, 3.8) is 0 Å². The Kier molecular flexibility index (Phi) is 2.87. The van der Waals surface area contributed by atoms with Crippen LogP contribution in [0, 0.1) is 0 Å². The third kappa shape index (κ3) is 2.20. The lowest BCUT2D eigenvalue weighted by Gasteiger charge is -2.30. The molecule has 2 aromatic rings. The molecule has 0 spiro atoms. The van der Waals surface area contributed by atoms with E-state index in [2.05, 4.69) is 0 Å². The van der Waals surface area contributed by atoms with Gasteiger partial charge in [-0.3, -0.25) is 0 Å². The number of nitrogens with zero attached hydrogens (tertiary/aromatic N) is 1. The van der Waals surface area contributed by atoms with E-state index >= 15 is 0 Å². The average Bonchev–Trinajstić information content (AvgIpc) is 2.35. The fourth-order valence-corrected chi connectivity index (χ4v) is 2.77. The highest BCUT2D eigenvalue weighted by atomic mass is 16.5. The Bertz CT molecular complexity index is 813. The maximum Gasteiger partial charge on any atom is 0.347 e. The molecule has 0 bridgehead atoms. The summed E-state index contributed by atoms with van der Waals surface area (Å²) >= 11 is 0. The lowest BCUT2D eigenvalue weighted by Crippen LogP contribution is -2.30. The highest BCUT2D eigenvalue weighted by molar-refractivity contribution is 5.91. The number of hydrogen-bond acceptors (Lipinski definition) is 4. The lowest BCUT2D eigenvalue weighted by atomic mass is 9.96. The molecule has 0 saturated carbocycles. The minimum absolute atomic E-state index is 0.349. The molecule has 1 aliphatic heterocycles. The first-order valence-corrected chi connectivity index (χ1v) is 6.95. The summed E-state index contributed by atoms with van der Waals surface area (Å²) in [6.07, 6.45) is 1.95. The predicted molar refractivity (Wildman–Crippen MR) is 85.2 cm³/mol. The van der Waals surface area contributed by atoms with Crippen LogP contribution in [0.2, 0.25) is 0 Å². The van der Waals surface area contributed by atoms with Crippen molar-refractivity contribution in [3.8, 4) is 5.75 Å². The Labute approximate surface area is 123 Å². The zero-order chi connectivity index (χ0) is 15.4. The molecular formula is C17H19NO3. The Morgan fingerprint density at radius 2 is 1.90 bits per heavy atom. The first-order chi connectivity index (χ1) is 9.78. The van der Waals surface area contributed by atoms with E-state index in [0.29, 0.717) is 16.9 Å². The van der Waals surface area contributed by atoms with Crippen LogP contribution in [-0.2, 0) is 0 Å². The minimum atomic E-state index is -0.433. The molecular weight excluding hydrogens is 266 g/mol. The predicted octanol–water partition coefficient (Wildman–Crippen LogP) is 3.43. The van der Waals surface area contributed by atoms with Gasteiger partial charge in [-0.2, -0.15) is 0 Å². The van der Waals surface area contributed by atoms with E-state index in [1.165, 1.54) is 0 Å². The standard InChI is InChI=1S/C17H19NO3/c1-10-9-17(2,3)21-15-12-7-6-11(18(4)5)8-13(12)20-16(19)14(10)15/h6-9H,1-5H3. The van der Waals surface area contributed by atoms with Crippen LogP contribution in [0.1, 0.15) is 26.3 Å². The van der Waals surface area contributed by atoms with Crippen LogP contribution < -0.4 is 15.3 Å². The average molecular weight is 285 g/mol. The van der Waals surface area contributed by atoms with E-state index in [0.717, 1.165) is 16.6 Å². The third-order valence-corrected chi connectivity index (χ3v) is 3.68. The van der Waals surface area contributed by atoms with Gasteiger partial charge in [-0.1, -0.05) is 0 Å². The number of hydrogen-bond donors (Lipinski definition) is 0. The molecule has 0 aliphatic carbocycles. The summed E-state index contributed by atoms with van der Waals surface area (Å²) in [5.74, 6) is 0.622. The van der Waals surface area contributed by atoms with Crippen molar-refractivity contribution in [2.45, 2.75) is 26.4 Å². The second-order valence-corrected chi connectivity index (χ2v) is 6.20. The topological polar surface area (TPSA) is 42.7 Å². The molecule has 4 nitrogen and oxygen atoms in total. The monoisotopic (exact) mass is 285 g/mol. The summed E-state index contributed by atoms with van der Waals surface area (Å²) in [6, 6.07) is 5.80. The van der Waals surface area contributed by atoms with Crippen molar-refractivity contribution in [1.82, 2.24) is 0 Å². The Balaban J connectivity index is 2.35. The van der Waals surface area contributed by atoms with Crippen LogP contribution in [0.15, 0.2) is 33.5 Å². The van der Waals surface area contributed by atoms with Gasteiger partial charge in [-0.25, -0.2) is 4.79 Å². The van der Waals surface area contributed by atoms with Crippen molar-refractivity contribution in [2.24, 2.45) is 0 Å². The molecule has 0 atom stereocenters. The highest BCUT2D eigenvalue weighted by Crippen LogP contribution is 2.39. The summed E-state index contributed by atoms with van der Waals surface area (Å²) in [5.41, 5.74) is 2.17. The van der Waals surface area contributed by atoms with E-state index in [1.54, 1.807) is 0 Å². The van der Waals surface area contributed by atoms with E-state index in [1.807, 2.05) is 64.0 Å². The van der Waals surface area contributed by atoms with Crippen molar-refractivity contribution in [1.29, 1.82) is 0 Å². The van der Waals surface area contributed by atoms with Crippen LogP contribution in [0.25, 0.3) is 16.5 Å². The molecule has 110 valence electrons. The lowest BCUT2D eigenvalue weighted by molar-refractivity contribution is 0.159. The van der Waals surface area contributed by atoms with Gasteiger partial charge in [0.2, 0.25) is 0 Å². The van der Waals surface area contributed by atoms with Crippen molar-refractivity contribution < 1.29 is 9.15 Å². The van der Waals surface area contributed by atoms with Gasteiger partial charge in [0.25, 0.3) is 0 Å². The number of rotatable bonds is 1. The van der Waals surface area contributed by atoms with Gasteiger partial charge in [0.05, 0.1) is 5.39 Å². The maximum absolute atomic E-state index is 12.3. The van der Waals surface area contributed by atoms with Crippen LogP contribution in [0.3, 0.4) is 0 Å². The van der Waals surface area contributed by atoms with Crippen molar-refractivity contribution >= 4 is 22.2 Å². The number of benzene rings is 1. The molecule has 0 radical (unpaired) electrons. The van der Waals surface area contributed by atoms with Crippen molar-refractivity contribution in [3.05, 3.63) is 40.3 Å². The first kappa shape index (κ1) is 13.7. The third-order valence-electron chi connectivity index (χ3n) is 3.68. The first-order valence-electron chi connectivity index (χ1n) is 6.95. The molecule has 21 heavy (non-hydrogen) atoms. The number of allylic oxidation sites excluding steroid dienone is 1. The molecule has 2 heterocycles. The van der Waals surface area contributed by atoms with Gasteiger partial charge in [-0.05, 0) is 44.6 Å². The summed E-state index contributed by atoms with van der Waals surface area (Å²) in [4.78, 5) is 14.2. The molecule has 3 rings (SSSR count). The Hall–Kier alpha value is -2.23. The molecule has 1 aliphatic rings. The van der Waals surface area contributed by atoms with Gasteiger partial charge in [-0.15, -0.1) is 0 Å². The summed E-state index contributed by atoms with van der Waals surface area (Å²) in [5, 5.41) is 0.829. The summed E-state index contributed by atoms with van der Waals surface area (Å²) in [6.45, 7) is 5.88. The molecule has 4 heteroatoms. The highest BCUT2D eigenvalue weighted by Gasteiger charge is 2.29. The fraction of sp³-hybridized carbons (Fsp3) is 0.353. The Morgan fingerprint density at radius 3 is 2.57 bits per heavy atom. The molecule has 0 N–H and O–H groups in total. The van der Waals surface area contributed by atoms with Gasteiger partial charge < -0.3 is 14.1 Å². The van der Waals surface area contributed by atoms with Gasteiger partial charge >= 0.3 is 5.63 Å². The van der Waals surface area contributed by atoms with Crippen LogP contribution in [0.5, 0.6) is 5.75 Å². The molecule has 0 unspecified atom stereocenters. The van der Waals surface area contributed by atoms with Gasteiger partial charge in [0.1, 0.15) is 22.5 Å². The molecule has 0 saturated heterocycles. The fourth-order valence-electron chi connectivity index (χ4n) is 2.77. The summed E-state index contributed by atoms with van der Waals surface area (Å²) in [7, 11) is 3.90. The van der Waals surface area contributed by atoms with Crippen LogP contribution in [-0.4, -0.2) is 19.7 Å². The molecule has 0 fully saturated rings. The van der Waals surface area contributed by atoms with Gasteiger partial charge in [0.15, 0.2) is 0 Å². The van der Waals surface area contributed by atoms with Crippen LogP contribution in [0.4, 0.5) is 5.69 Å². The molecule has 1 aromatic carbocycles. The minimum Gasteiger partial charge on any atom is -0.482 e. The van der Waals surface area contributed by atoms with Gasteiger partial charge in [0, 0.05) is 25.8 Å². The van der Waals surface area contributed by atoms with Crippen LogP contribution >= 0.6 is 0 Å². The van der Waals surface area contributed by atoms with E-state index < -0.39 is 5.60 Å². The number of anilines is 1. The smallest absolute Gasteiger partial charge is 0.347 e. The van der Waals surface area contributed by atoms with E-state index in [9.17, 15) is 4.79 Å². The second-order valence-electron chi connectivity index (χ2n) is 6.20. The Morgan fingerprint density at radius 1 is 1.19 bits per heavy atom. The molecule has 0 amide bonds. The summed E-state index contributed by atoms with van der Waals surface area (Å²) < 4.78 is 11.5. The van der Waals surface area contributed by atoms with Crippen molar-refractivity contribution in [2.75, 3.05) is 19.0 Å². The second kappa shape index (κ2) is 4.38. The SMILES string of the molecule is CC1=CC(C)(C)Oc2c1c(=O)oc1cc(N(C)C)ccc21. The van der Waals surface area contributed by atoms with E-state index in [4.69, 9.17) is 9.15 Å². The maximum atomic E-state index is 12.3. The number of fused-ring (bicyclic) bond motifs is 3. The zero-order valence-corrected chi connectivity index (χ0v) is 13.0. The van der Waals surface area contributed by atoms with E-state index in [-0.39, 0.29) is 5.63 Å². The number of ether oxygens (including phenoxy) is 1. The zero-order valence-electron chi connectivity index (χ0n) is 13.0. The molecule has 1 aromatic heterocycles.